The number of carbonyl (C=O) groups is 1. The number of para-hydroxylation sites is 1. The fraction of sp³-hybridized carbons (Fsp3) is 0.208. The predicted octanol–water partition coefficient (Wildman–Crippen LogP) is 5.79. The number of fused-ring (bicyclic) bond motifs is 3. The second-order valence-electron chi connectivity index (χ2n) is 7.41. The largest absolute Gasteiger partial charge is 0.573 e. The summed E-state index contributed by atoms with van der Waals surface area (Å²) in [5, 5.41) is 1.53. The number of amides is 1. The van der Waals surface area contributed by atoms with E-state index in [4.69, 9.17) is 5.73 Å². The molecule has 2 N–H and O–H groups in total. The van der Waals surface area contributed by atoms with Crippen LogP contribution in [0.2, 0.25) is 0 Å². The van der Waals surface area contributed by atoms with Crippen LogP contribution in [0.3, 0.4) is 0 Å². The average Bonchev–Trinajstić information content (AvgIpc) is 3.02. The summed E-state index contributed by atoms with van der Waals surface area (Å²) in [4.78, 5) is 12.1. The number of hydrogen-bond donors (Lipinski definition) is 1. The molecule has 0 fully saturated rings. The number of carbonyl (C=O) groups excluding carboxylic acids is 1. The van der Waals surface area contributed by atoms with Crippen LogP contribution in [0, 0.1) is 0 Å². The Hall–Kier alpha value is -3.48. The second-order valence-corrected chi connectivity index (χ2v) is 7.41. The maximum Gasteiger partial charge on any atom is 0.573 e. The lowest BCUT2D eigenvalue weighted by molar-refractivity contribution is -0.274. The Kier molecular flexibility index (Phi) is 5.35. The second kappa shape index (κ2) is 7.98. The Balaban J connectivity index is 1.96. The molecule has 0 aliphatic heterocycles. The van der Waals surface area contributed by atoms with Gasteiger partial charge in [-0.05, 0) is 36.2 Å². The molecule has 4 rings (SSSR count). The van der Waals surface area contributed by atoms with E-state index in [-0.39, 0.29) is 12.3 Å². The first kappa shape index (κ1) is 20.8. The van der Waals surface area contributed by atoms with Crippen molar-refractivity contribution < 1.29 is 22.7 Å². The highest BCUT2D eigenvalue weighted by molar-refractivity contribution is 6.18. The molecule has 0 unspecified atom stereocenters. The number of nitrogens with zero attached hydrogens (tertiary/aromatic N) is 1. The van der Waals surface area contributed by atoms with Gasteiger partial charge in [0.05, 0.1) is 12.1 Å². The lowest BCUT2D eigenvalue weighted by Crippen LogP contribution is -2.18. The first-order valence-electron chi connectivity index (χ1n) is 9.96. The zero-order valence-corrected chi connectivity index (χ0v) is 16.9. The Bertz CT molecular complexity index is 1280. The van der Waals surface area contributed by atoms with Crippen molar-refractivity contribution in [1.82, 2.24) is 4.57 Å². The zero-order valence-electron chi connectivity index (χ0n) is 16.9. The van der Waals surface area contributed by atoms with E-state index in [1.165, 1.54) is 12.1 Å². The molecule has 0 saturated carbocycles. The number of ether oxygens (including phenoxy) is 1. The molecule has 1 aromatic heterocycles. The van der Waals surface area contributed by atoms with Crippen molar-refractivity contribution in [1.29, 1.82) is 0 Å². The average molecular weight is 426 g/mol. The molecule has 0 atom stereocenters. The minimum atomic E-state index is -4.79. The molecule has 3 aromatic carbocycles. The summed E-state index contributed by atoms with van der Waals surface area (Å²) < 4.78 is 44.9. The molecule has 4 nitrogen and oxygen atoms in total. The molecule has 0 radical (unpaired) electrons. The minimum Gasteiger partial charge on any atom is -0.405 e. The Labute approximate surface area is 177 Å². The van der Waals surface area contributed by atoms with E-state index in [2.05, 4.69) is 11.7 Å². The monoisotopic (exact) mass is 426 g/mol. The minimum absolute atomic E-state index is 0.143. The molecule has 4 aromatic rings. The first-order valence-corrected chi connectivity index (χ1v) is 9.96. The van der Waals surface area contributed by atoms with Crippen LogP contribution in [0.25, 0.3) is 21.8 Å². The van der Waals surface area contributed by atoms with Gasteiger partial charge in [-0.1, -0.05) is 49.7 Å². The van der Waals surface area contributed by atoms with Crippen molar-refractivity contribution >= 4 is 27.7 Å². The van der Waals surface area contributed by atoms with Crippen LogP contribution in [0.15, 0.2) is 60.7 Å². The standard InChI is InChI=1S/C24H21F3N2O2/c1-2-6-15-11-12-17-20(13-15)29(19-9-5-8-18(22(17)19)23(28)30)14-16-7-3-4-10-21(16)31-24(25,26)27/h3-5,7-13H,2,6,14H2,1H3,(H2,28,30). The van der Waals surface area contributed by atoms with Gasteiger partial charge in [0.1, 0.15) is 5.75 Å². The van der Waals surface area contributed by atoms with Crippen molar-refractivity contribution in [2.45, 2.75) is 32.7 Å². The Morgan fingerprint density at radius 2 is 1.81 bits per heavy atom. The van der Waals surface area contributed by atoms with Crippen molar-refractivity contribution in [3.05, 3.63) is 77.4 Å². The number of nitrogens with two attached hydrogens (primary N) is 1. The summed E-state index contributed by atoms with van der Waals surface area (Å²) in [5.41, 5.74) is 9.03. The van der Waals surface area contributed by atoms with Crippen molar-refractivity contribution in [2.24, 2.45) is 5.73 Å². The van der Waals surface area contributed by atoms with Crippen LogP contribution in [0.4, 0.5) is 13.2 Å². The third-order valence-corrected chi connectivity index (χ3v) is 5.29. The number of hydrogen-bond acceptors (Lipinski definition) is 2. The van der Waals surface area contributed by atoms with Gasteiger partial charge < -0.3 is 15.0 Å². The summed E-state index contributed by atoms with van der Waals surface area (Å²) in [6, 6.07) is 17.3. The summed E-state index contributed by atoms with van der Waals surface area (Å²) in [6.07, 6.45) is -2.96. The quantitative estimate of drug-likeness (QED) is 0.424. The predicted molar refractivity (Wildman–Crippen MR) is 114 cm³/mol. The number of alkyl halides is 3. The topological polar surface area (TPSA) is 57.2 Å². The normalized spacial score (nSPS) is 11.9. The Morgan fingerprint density at radius 1 is 1.03 bits per heavy atom. The summed E-state index contributed by atoms with van der Waals surface area (Å²) in [5.74, 6) is -0.802. The van der Waals surface area contributed by atoms with Gasteiger partial charge in [0.15, 0.2) is 0 Å². The molecule has 0 spiro atoms. The number of rotatable bonds is 6. The molecular weight excluding hydrogens is 405 g/mol. The third kappa shape index (κ3) is 4.08. The maximum atomic E-state index is 12.9. The van der Waals surface area contributed by atoms with E-state index in [1.54, 1.807) is 24.3 Å². The van der Waals surface area contributed by atoms with Crippen LogP contribution in [-0.2, 0) is 13.0 Å². The molecule has 31 heavy (non-hydrogen) atoms. The van der Waals surface area contributed by atoms with Crippen LogP contribution >= 0.6 is 0 Å². The summed E-state index contributed by atoms with van der Waals surface area (Å²) >= 11 is 0. The number of aryl methyl sites for hydroxylation is 1. The fourth-order valence-corrected chi connectivity index (χ4v) is 4.04. The molecule has 160 valence electrons. The van der Waals surface area contributed by atoms with E-state index in [0.29, 0.717) is 16.5 Å². The molecular formula is C24H21F3N2O2. The van der Waals surface area contributed by atoms with Gasteiger partial charge >= 0.3 is 6.36 Å². The fourth-order valence-electron chi connectivity index (χ4n) is 4.04. The SMILES string of the molecule is CCCc1ccc2c3c(C(N)=O)cccc3n(Cc3ccccc3OC(F)(F)F)c2c1. The van der Waals surface area contributed by atoms with Crippen molar-refractivity contribution in [3.8, 4) is 5.75 Å². The number of primary amides is 1. The zero-order chi connectivity index (χ0) is 22.2. The van der Waals surface area contributed by atoms with Crippen molar-refractivity contribution in [3.63, 3.8) is 0 Å². The molecule has 0 aliphatic carbocycles. The van der Waals surface area contributed by atoms with Crippen LogP contribution in [-0.4, -0.2) is 16.8 Å². The van der Waals surface area contributed by atoms with Gasteiger partial charge in [0.2, 0.25) is 5.91 Å². The highest BCUT2D eigenvalue weighted by Gasteiger charge is 2.32. The van der Waals surface area contributed by atoms with Gasteiger partial charge in [-0.15, -0.1) is 13.2 Å². The van der Waals surface area contributed by atoms with Gasteiger partial charge in [-0.2, -0.15) is 0 Å². The molecule has 1 amide bonds. The van der Waals surface area contributed by atoms with E-state index >= 15 is 0 Å². The number of benzene rings is 3. The van der Waals surface area contributed by atoms with Gasteiger partial charge in [0, 0.05) is 27.4 Å². The van der Waals surface area contributed by atoms with Crippen LogP contribution in [0.5, 0.6) is 5.75 Å². The van der Waals surface area contributed by atoms with E-state index in [9.17, 15) is 18.0 Å². The molecule has 0 aliphatic rings. The Morgan fingerprint density at radius 3 is 2.52 bits per heavy atom. The smallest absolute Gasteiger partial charge is 0.405 e. The highest BCUT2D eigenvalue weighted by atomic mass is 19.4. The lowest BCUT2D eigenvalue weighted by Gasteiger charge is -2.15. The van der Waals surface area contributed by atoms with E-state index in [1.807, 2.05) is 28.8 Å². The van der Waals surface area contributed by atoms with E-state index in [0.717, 1.165) is 34.8 Å². The summed E-state index contributed by atoms with van der Waals surface area (Å²) in [6.45, 7) is 2.22. The van der Waals surface area contributed by atoms with Gasteiger partial charge in [0.25, 0.3) is 0 Å². The number of halogens is 3. The molecule has 0 saturated heterocycles. The third-order valence-electron chi connectivity index (χ3n) is 5.29. The van der Waals surface area contributed by atoms with Gasteiger partial charge in [-0.25, -0.2) is 0 Å². The summed E-state index contributed by atoms with van der Waals surface area (Å²) in [7, 11) is 0. The first-order chi connectivity index (χ1) is 14.8. The molecule has 1 heterocycles. The highest BCUT2D eigenvalue weighted by Crippen LogP contribution is 2.35. The number of aromatic nitrogens is 1. The molecule has 0 bridgehead atoms. The molecule has 7 heteroatoms. The van der Waals surface area contributed by atoms with E-state index < -0.39 is 12.3 Å². The van der Waals surface area contributed by atoms with Crippen molar-refractivity contribution in [2.75, 3.05) is 0 Å². The van der Waals surface area contributed by atoms with Gasteiger partial charge in [-0.3, -0.25) is 4.79 Å². The van der Waals surface area contributed by atoms with Crippen LogP contribution < -0.4 is 10.5 Å². The maximum absolute atomic E-state index is 12.9. The lowest BCUT2D eigenvalue weighted by atomic mass is 10.0. The van der Waals surface area contributed by atoms with Crippen LogP contribution in [0.1, 0.15) is 34.8 Å².